The van der Waals surface area contributed by atoms with Crippen LogP contribution in [0.25, 0.3) is 0 Å². The molecule has 1 aromatic rings. The molecule has 2 rings (SSSR count). The van der Waals surface area contributed by atoms with Gasteiger partial charge >= 0.3 is 0 Å². The Labute approximate surface area is 115 Å². The quantitative estimate of drug-likeness (QED) is 0.614. The van der Waals surface area contributed by atoms with Gasteiger partial charge in [0.2, 0.25) is 0 Å². The maximum Gasteiger partial charge on any atom is 0.104 e. The molecule has 0 spiro atoms. The van der Waals surface area contributed by atoms with Crippen molar-refractivity contribution in [1.82, 2.24) is 0 Å². The fourth-order valence-corrected chi connectivity index (χ4v) is 3.07. The molecule has 1 aromatic carbocycles. The summed E-state index contributed by atoms with van der Waals surface area (Å²) in [6.07, 6.45) is 0. The lowest BCUT2D eigenvalue weighted by molar-refractivity contribution is -0.913. The van der Waals surface area contributed by atoms with E-state index in [1.54, 1.807) is 0 Å². The van der Waals surface area contributed by atoms with E-state index in [9.17, 15) is 10.2 Å². The molecule has 1 heterocycles. The average molecular weight is 272 g/mol. The third-order valence-electron chi connectivity index (χ3n) is 3.89. The van der Waals surface area contributed by atoms with Crippen LogP contribution < -0.4 is 12.4 Å². The predicted octanol–water partition coefficient (Wildman–Crippen LogP) is -2.13. The number of aliphatic hydroxyl groups is 2. The van der Waals surface area contributed by atoms with Crippen molar-refractivity contribution in [2.24, 2.45) is 11.8 Å². The highest BCUT2D eigenvalue weighted by atomic mass is 35.5. The molecule has 1 fully saturated rings. The van der Waals surface area contributed by atoms with Gasteiger partial charge in [-0.2, -0.15) is 0 Å². The van der Waals surface area contributed by atoms with Gasteiger partial charge in [-0.05, 0) is 0 Å². The number of hydrogen-bond donors (Lipinski definition) is 2. The van der Waals surface area contributed by atoms with Gasteiger partial charge in [0.05, 0.1) is 33.4 Å². The monoisotopic (exact) mass is 271 g/mol. The third-order valence-corrected chi connectivity index (χ3v) is 3.89. The van der Waals surface area contributed by atoms with Gasteiger partial charge in [-0.25, -0.2) is 0 Å². The van der Waals surface area contributed by atoms with Crippen molar-refractivity contribution in [3.05, 3.63) is 35.9 Å². The Morgan fingerprint density at radius 2 is 1.56 bits per heavy atom. The second kappa shape index (κ2) is 6.53. The van der Waals surface area contributed by atoms with Crippen molar-refractivity contribution in [1.29, 1.82) is 0 Å². The highest BCUT2D eigenvalue weighted by Gasteiger charge is 2.41. The largest absolute Gasteiger partial charge is 1.00 e. The minimum absolute atomic E-state index is 0. The lowest BCUT2D eigenvalue weighted by Gasteiger charge is -2.30. The van der Waals surface area contributed by atoms with E-state index >= 15 is 0 Å². The number of hydrogen-bond acceptors (Lipinski definition) is 2. The molecule has 18 heavy (non-hydrogen) atoms. The van der Waals surface area contributed by atoms with Crippen molar-refractivity contribution < 1.29 is 27.1 Å². The normalized spacial score (nSPS) is 25.7. The summed E-state index contributed by atoms with van der Waals surface area (Å²) in [6, 6.07) is 10.4. The van der Waals surface area contributed by atoms with Crippen LogP contribution in [0.5, 0.6) is 0 Å². The van der Waals surface area contributed by atoms with Crippen LogP contribution in [0.2, 0.25) is 0 Å². The molecule has 3 nitrogen and oxygen atoms in total. The minimum atomic E-state index is 0. The Morgan fingerprint density at radius 3 is 2.00 bits per heavy atom. The van der Waals surface area contributed by atoms with Crippen LogP contribution in [-0.2, 0) is 6.54 Å². The van der Waals surface area contributed by atoms with E-state index in [4.69, 9.17) is 0 Å². The number of benzene rings is 1. The summed E-state index contributed by atoms with van der Waals surface area (Å²) in [5.41, 5.74) is 1.32. The van der Waals surface area contributed by atoms with E-state index in [0.29, 0.717) is 0 Å². The standard InChI is InChI=1S/C14H22NO2.ClH/c1-15(7-12-5-3-2-4-6-12)8-13(10-16)14(9-15)11-17;/h2-6,13-14,16-17H,7-11H2,1H3;1H/q+1;/p-1/t13-,14-;/m1./s1. The zero-order chi connectivity index (χ0) is 12.3. The highest BCUT2D eigenvalue weighted by molar-refractivity contribution is 5.13. The average Bonchev–Trinajstić information content (AvgIpc) is 2.67. The molecule has 1 aliphatic heterocycles. The first kappa shape index (κ1) is 15.4. The van der Waals surface area contributed by atoms with E-state index in [-0.39, 0.29) is 37.5 Å². The molecule has 1 aliphatic rings. The first-order valence-corrected chi connectivity index (χ1v) is 6.26. The van der Waals surface area contributed by atoms with Crippen LogP contribution in [-0.4, -0.2) is 48.0 Å². The molecule has 0 amide bonds. The summed E-state index contributed by atoms with van der Waals surface area (Å²) in [4.78, 5) is 0. The number of likely N-dealkylation sites (tertiary alicyclic amines) is 1. The Balaban J connectivity index is 0.00000162. The lowest BCUT2D eigenvalue weighted by atomic mass is 9.98. The van der Waals surface area contributed by atoms with Crippen molar-refractivity contribution in [3.8, 4) is 0 Å². The second-order valence-corrected chi connectivity index (χ2v) is 5.51. The number of quaternary nitrogens is 1. The van der Waals surface area contributed by atoms with Gasteiger partial charge in [0.1, 0.15) is 6.54 Å². The fourth-order valence-electron chi connectivity index (χ4n) is 3.07. The molecule has 0 aromatic heterocycles. The zero-order valence-corrected chi connectivity index (χ0v) is 11.6. The van der Waals surface area contributed by atoms with Crippen LogP contribution >= 0.6 is 0 Å². The van der Waals surface area contributed by atoms with E-state index < -0.39 is 0 Å². The van der Waals surface area contributed by atoms with E-state index in [1.165, 1.54) is 5.56 Å². The Kier molecular flexibility index (Phi) is 5.60. The predicted molar refractivity (Wildman–Crippen MR) is 67.2 cm³/mol. The van der Waals surface area contributed by atoms with Crippen LogP contribution in [0.3, 0.4) is 0 Å². The van der Waals surface area contributed by atoms with Crippen LogP contribution in [0.15, 0.2) is 30.3 Å². The number of halogens is 1. The van der Waals surface area contributed by atoms with Gasteiger partial charge in [0.15, 0.2) is 0 Å². The number of rotatable bonds is 4. The Morgan fingerprint density at radius 1 is 1.06 bits per heavy atom. The summed E-state index contributed by atoms with van der Waals surface area (Å²) in [5, 5.41) is 18.7. The van der Waals surface area contributed by atoms with E-state index in [2.05, 4.69) is 31.3 Å². The maximum atomic E-state index is 9.34. The molecule has 0 saturated carbocycles. The zero-order valence-electron chi connectivity index (χ0n) is 10.8. The molecule has 4 heteroatoms. The Bertz CT molecular complexity index is 346. The van der Waals surface area contributed by atoms with Crippen molar-refractivity contribution in [2.45, 2.75) is 6.54 Å². The third kappa shape index (κ3) is 3.45. The van der Waals surface area contributed by atoms with Crippen molar-refractivity contribution in [2.75, 3.05) is 33.4 Å². The molecule has 0 radical (unpaired) electrons. The molecule has 2 N–H and O–H groups in total. The van der Waals surface area contributed by atoms with E-state index in [0.717, 1.165) is 24.1 Å². The van der Waals surface area contributed by atoms with Gasteiger partial charge in [-0.15, -0.1) is 0 Å². The molecular formula is C14H22ClNO2. The summed E-state index contributed by atoms with van der Waals surface area (Å²) >= 11 is 0. The maximum absolute atomic E-state index is 9.34. The Hall–Kier alpha value is -0.610. The summed E-state index contributed by atoms with van der Waals surface area (Å²) in [6.45, 7) is 3.27. The van der Waals surface area contributed by atoms with Gasteiger partial charge in [0, 0.05) is 17.4 Å². The molecule has 102 valence electrons. The molecule has 2 atom stereocenters. The molecule has 0 unspecified atom stereocenters. The van der Waals surface area contributed by atoms with Gasteiger partial charge in [-0.3, -0.25) is 0 Å². The number of aliphatic hydroxyl groups excluding tert-OH is 2. The molecule has 1 saturated heterocycles. The topological polar surface area (TPSA) is 40.5 Å². The van der Waals surface area contributed by atoms with Gasteiger partial charge < -0.3 is 27.1 Å². The minimum Gasteiger partial charge on any atom is -1.00 e. The molecule has 0 bridgehead atoms. The van der Waals surface area contributed by atoms with Crippen LogP contribution in [0.4, 0.5) is 0 Å². The smallest absolute Gasteiger partial charge is 0.104 e. The SMILES string of the molecule is C[N+]1(Cc2ccccc2)C[C@H](CO)[C@@H](CO)C1.[Cl-]. The summed E-state index contributed by atoms with van der Waals surface area (Å²) in [7, 11) is 2.21. The van der Waals surface area contributed by atoms with Crippen molar-refractivity contribution in [3.63, 3.8) is 0 Å². The highest BCUT2D eigenvalue weighted by Crippen LogP contribution is 2.29. The second-order valence-electron chi connectivity index (χ2n) is 5.51. The first-order chi connectivity index (χ1) is 8.17. The molecule has 0 aliphatic carbocycles. The lowest BCUT2D eigenvalue weighted by Crippen LogP contribution is -3.00. The first-order valence-electron chi connectivity index (χ1n) is 6.26. The van der Waals surface area contributed by atoms with Gasteiger partial charge in [-0.1, -0.05) is 30.3 Å². The summed E-state index contributed by atoms with van der Waals surface area (Å²) < 4.78 is 0.917. The van der Waals surface area contributed by atoms with Crippen LogP contribution in [0.1, 0.15) is 5.56 Å². The molecular weight excluding hydrogens is 250 g/mol. The number of nitrogens with zero attached hydrogens (tertiary/aromatic N) is 1. The fraction of sp³-hybridized carbons (Fsp3) is 0.571. The van der Waals surface area contributed by atoms with E-state index in [1.807, 2.05) is 6.07 Å². The van der Waals surface area contributed by atoms with Gasteiger partial charge in [0.25, 0.3) is 0 Å². The van der Waals surface area contributed by atoms with Crippen LogP contribution in [0, 0.1) is 11.8 Å². The van der Waals surface area contributed by atoms with Crippen molar-refractivity contribution >= 4 is 0 Å². The summed E-state index contributed by atoms with van der Waals surface area (Å²) in [5.74, 6) is 0.488.